The Morgan fingerprint density at radius 3 is 2.97 bits per heavy atom. The number of aliphatic imine (C=N–C) groups is 1. The second kappa shape index (κ2) is 9.06. The minimum Gasteiger partial charge on any atom is -0.469 e. The predicted octanol–water partition coefficient (Wildman–Crippen LogP) is 3.08. The van der Waals surface area contributed by atoms with Gasteiger partial charge in [0.2, 0.25) is 0 Å². The van der Waals surface area contributed by atoms with E-state index in [4.69, 9.17) is 9.41 Å². The molecule has 4 unspecified atom stereocenters. The molecule has 0 amide bonds. The largest absolute Gasteiger partial charge is 0.469 e. The van der Waals surface area contributed by atoms with Gasteiger partial charge in [0.05, 0.1) is 12.8 Å². The quantitative estimate of drug-likeness (QED) is 0.367. The number of aryl methyl sites for hydroxylation is 2. The van der Waals surface area contributed by atoms with Crippen molar-refractivity contribution >= 4 is 29.9 Å². The second-order valence-corrected chi connectivity index (χ2v) is 8.62. The van der Waals surface area contributed by atoms with E-state index in [2.05, 4.69) is 25.4 Å². The summed E-state index contributed by atoms with van der Waals surface area (Å²) in [6, 6.07) is 4.86. The Hall–Kier alpha value is -1.58. The molecule has 158 valence electrons. The van der Waals surface area contributed by atoms with E-state index in [-0.39, 0.29) is 24.0 Å². The van der Waals surface area contributed by atoms with Crippen molar-refractivity contribution < 1.29 is 4.42 Å². The lowest BCUT2D eigenvalue weighted by Crippen LogP contribution is -2.51. The predicted molar refractivity (Wildman–Crippen MR) is 123 cm³/mol. The van der Waals surface area contributed by atoms with E-state index in [0.29, 0.717) is 12.1 Å². The summed E-state index contributed by atoms with van der Waals surface area (Å²) in [6.07, 6.45) is 10.0. The third-order valence-corrected chi connectivity index (χ3v) is 6.57. The van der Waals surface area contributed by atoms with E-state index in [1.54, 1.807) is 6.26 Å². The van der Waals surface area contributed by atoms with E-state index in [9.17, 15) is 0 Å². The average Bonchev–Trinajstić information content (AvgIpc) is 3.45. The number of nitrogens with one attached hydrogen (secondary N) is 2. The van der Waals surface area contributed by atoms with Crippen LogP contribution in [0.1, 0.15) is 49.5 Å². The molecule has 2 aromatic heterocycles. The van der Waals surface area contributed by atoms with Crippen LogP contribution < -0.4 is 10.6 Å². The zero-order chi connectivity index (χ0) is 18.9. The molecule has 8 heteroatoms. The summed E-state index contributed by atoms with van der Waals surface area (Å²) in [5.74, 6) is 5.65. The van der Waals surface area contributed by atoms with Gasteiger partial charge in [0.1, 0.15) is 17.4 Å². The van der Waals surface area contributed by atoms with Crippen LogP contribution in [0.4, 0.5) is 0 Å². The Labute approximate surface area is 189 Å². The molecule has 0 radical (unpaired) electrons. The fourth-order valence-electron chi connectivity index (χ4n) is 5.21. The molecule has 0 spiro atoms. The molecule has 1 aliphatic heterocycles. The average molecular weight is 510 g/mol. The van der Waals surface area contributed by atoms with Crippen LogP contribution in [-0.2, 0) is 19.4 Å². The first kappa shape index (κ1) is 20.7. The van der Waals surface area contributed by atoms with Crippen LogP contribution in [0.15, 0.2) is 27.8 Å². The summed E-state index contributed by atoms with van der Waals surface area (Å²) in [7, 11) is 0. The van der Waals surface area contributed by atoms with Crippen LogP contribution in [0.3, 0.4) is 0 Å². The van der Waals surface area contributed by atoms with Gasteiger partial charge >= 0.3 is 0 Å². The molecule has 2 bridgehead atoms. The summed E-state index contributed by atoms with van der Waals surface area (Å²) in [4.78, 5) is 9.41. The van der Waals surface area contributed by atoms with Crippen LogP contribution in [0.5, 0.6) is 0 Å². The fraction of sp³-hybridized carbons (Fsp3) is 0.667. The van der Waals surface area contributed by atoms with Crippen molar-refractivity contribution in [1.29, 1.82) is 0 Å². The minimum atomic E-state index is 0. The first-order chi connectivity index (χ1) is 13.7. The lowest BCUT2D eigenvalue weighted by atomic mass is 9.95. The van der Waals surface area contributed by atoms with E-state index in [0.717, 1.165) is 67.6 Å². The number of hydrogen-bond donors (Lipinski definition) is 2. The summed E-state index contributed by atoms with van der Waals surface area (Å²) < 4.78 is 7.50. The smallest absolute Gasteiger partial charge is 0.191 e. The molecule has 4 atom stereocenters. The second-order valence-electron chi connectivity index (χ2n) is 8.62. The first-order valence-corrected chi connectivity index (χ1v) is 10.7. The molecule has 7 nitrogen and oxygen atoms in total. The van der Waals surface area contributed by atoms with Crippen molar-refractivity contribution in [2.45, 2.75) is 70.5 Å². The van der Waals surface area contributed by atoms with Gasteiger partial charge in [-0.05, 0) is 56.6 Å². The van der Waals surface area contributed by atoms with Crippen LogP contribution in [-0.4, -0.2) is 39.4 Å². The number of rotatable bonds is 5. The maximum Gasteiger partial charge on any atom is 0.191 e. The van der Waals surface area contributed by atoms with Crippen molar-refractivity contribution in [3.8, 4) is 0 Å². The highest BCUT2D eigenvalue weighted by atomic mass is 127. The van der Waals surface area contributed by atoms with E-state index in [1.807, 2.05) is 19.1 Å². The van der Waals surface area contributed by atoms with Gasteiger partial charge in [-0.15, -0.1) is 24.0 Å². The zero-order valence-electron chi connectivity index (χ0n) is 17.0. The summed E-state index contributed by atoms with van der Waals surface area (Å²) >= 11 is 0. The van der Waals surface area contributed by atoms with Crippen LogP contribution in [0, 0.1) is 18.8 Å². The van der Waals surface area contributed by atoms with Crippen molar-refractivity contribution in [2.24, 2.45) is 16.8 Å². The third-order valence-electron chi connectivity index (χ3n) is 6.57. The van der Waals surface area contributed by atoms with E-state index >= 15 is 0 Å². The van der Waals surface area contributed by atoms with E-state index in [1.165, 1.54) is 25.7 Å². The maximum atomic E-state index is 5.45. The van der Waals surface area contributed by atoms with Crippen LogP contribution >= 0.6 is 24.0 Å². The maximum absolute atomic E-state index is 5.45. The first-order valence-electron chi connectivity index (χ1n) is 10.7. The monoisotopic (exact) mass is 510 g/mol. The SMILES string of the molecule is Cc1nc2n(n1)CC(NC(=NCCc1ccco1)NC1CC3CCC1C3)CC2.I. The highest BCUT2D eigenvalue weighted by Crippen LogP contribution is 2.44. The molecule has 5 rings (SSSR count). The normalized spacial score (nSPS) is 28.1. The number of hydrogen-bond acceptors (Lipinski definition) is 4. The van der Waals surface area contributed by atoms with Crippen molar-refractivity contribution in [2.75, 3.05) is 6.54 Å². The Morgan fingerprint density at radius 2 is 2.21 bits per heavy atom. The van der Waals surface area contributed by atoms with Gasteiger partial charge in [0.25, 0.3) is 0 Å². The number of guanidine groups is 1. The van der Waals surface area contributed by atoms with E-state index < -0.39 is 0 Å². The lowest BCUT2D eigenvalue weighted by molar-refractivity contribution is 0.369. The summed E-state index contributed by atoms with van der Waals surface area (Å²) in [5.41, 5.74) is 0. The van der Waals surface area contributed by atoms with Crippen LogP contribution in [0.2, 0.25) is 0 Å². The molecule has 2 N–H and O–H groups in total. The molecule has 3 aliphatic rings. The molecule has 2 fully saturated rings. The highest BCUT2D eigenvalue weighted by molar-refractivity contribution is 14.0. The van der Waals surface area contributed by atoms with Crippen molar-refractivity contribution in [1.82, 2.24) is 25.4 Å². The number of aromatic nitrogens is 3. The van der Waals surface area contributed by atoms with Gasteiger partial charge in [-0.3, -0.25) is 4.99 Å². The molecule has 0 aromatic carbocycles. The molecular formula is C21H31IN6O. The zero-order valence-corrected chi connectivity index (χ0v) is 19.3. The van der Waals surface area contributed by atoms with Gasteiger partial charge in [-0.1, -0.05) is 6.42 Å². The van der Waals surface area contributed by atoms with Crippen molar-refractivity contribution in [3.05, 3.63) is 35.8 Å². The Bertz CT molecular complexity index is 832. The number of nitrogens with zero attached hydrogens (tertiary/aromatic N) is 4. The van der Waals surface area contributed by atoms with Crippen molar-refractivity contribution in [3.63, 3.8) is 0 Å². The van der Waals surface area contributed by atoms with Gasteiger partial charge in [0, 0.05) is 31.5 Å². The standard InChI is InChI=1S/C21H30N6O.HI/c1-14-23-20-7-6-17(13-27(20)26-14)24-21(22-9-8-18-3-2-10-28-18)25-19-12-15-4-5-16(19)11-15;/h2-3,10,15-17,19H,4-9,11-13H2,1H3,(H2,22,24,25);1H. The highest BCUT2D eigenvalue weighted by Gasteiger charge is 2.40. The van der Waals surface area contributed by atoms with Gasteiger partial charge in [-0.2, -0.15) is 5.10 Å². The van der Waals surface area contributed by atoms with Crippen LogP contribution in [0.25, 0.3) is 0 Å². The Kier molecular flexibility index (Phi) is 6.46. The molecule has 29 heavy (non-hydrogen) atoms. The molecule has 3 heterocycles. The van der Waals surface area contributed by atoms with Gasteiger partial charge in [0.15, 0.2) is 5.96 Å². The molecule has 2 aliphatic carbocycles. The van der Waals surface area contributed by atoms with Gasteiger partial charge < -0.3 is 15.1 Å². The Morgan fingerprint density at radius 1 is 1.28 bits per heavy atom. The number of furan rings is 1. The molecule has 0 saturated heterocycles. The minimum absolute atomic E-state index is 0. The molecule has 2 saturated carbocycles. The molecule has 2 aromatic rings. The third kappa shape index (κ3) is 4.78. The fourth-order valence-corrected chi connectivity index (χ4v) is 5.21. The number of halogens is 1. The van der Waals surface area contributed by atoms with Gasteiger partial charge in [-0.25, -0.2) is 9.67 Å². The summed E-state index contributed by atoms with van der Waals surface area (Å²) in [5, 5.41) is 12.0. The molecular weight excluding hydrogens is 479 g/mol. The Balaban J connectivity index is 0.00000205. The summed E-state index contributed by atoms with van der Waals surface area (Å²) in [6.45, 7) is 3.54. The lowest BCUT2D eigenvalue weighted by Gasteiger charge is -2.29. The topological polar surface area (TPSA) is 80.3 Å². The number of fused-ring (bicyclic) bond motifs is 3.